The second kappa shape index (κ2) is 6.40. The first-order valence-electron chi connectivity index (χ1n) is 8.19. The molecule has 1 aliphatic carbocycles. The van der Waals surface area contributed by atoms with Crippen LogP contribution in [0.15, 0.2) is 48.6 Å². The minimum Gasteiger partial charge on any atom is -0.465 e. The van der Waals surface area contributed by atoms with E-state index in [1.807, 2.05) is 24.3 Å². The highest BCUT2D eigenvalue weighted by atomic mass is 35.5. The van der Waals surface area contributed by atoms with Crippen molar-refractivity contribution in [3.8, 4) is 0 Å². The van der Waals surface area contributed by atoms with Crippen LogP contribution in [0.4, 0.5) is 5.69 Å². The molecule has 128 valence electrons. The minimum atomic E-state index is -0.316. The molecule has 2 aromatic carbocycles. The summed E-state index contributed by atoms with van der Waals surface area (Å²) in [5.74, 6) is 0.279. The zero-order chi connectivity index (χ0) is 17.6. The molecule has 0 spiro atoms. The molecule has 1 aliphatic heterocycles. The predicted molar refractivity (Wildman–Crippen MR) is 101 cm³/mol. The van der Waals surface area contributed by atoms with Crippen molar-refractivity contribution in [3.05, 3.63) is 75.3 Å². The summed E-state index contributed by atoms with van der Waals surface area (Å²) in [6.07, 6.45) is 5.39. The smallest absolute Gasteiger partial charge is 0.337 e. The number of nitrogens with one attached hydrogen (secondary N) is 1. The van der Waals surface area contributed by atoms with Gasteiger partial charge in [0.2, 0.25) is 0 Å². The standard InChI is InChI=1S/C20H17Cl2NO2/c1-25-20(24)11-5-8-18-16(9-11)13-3-2-4-14(13)19(23-18)15-7-6-12(21)10-17(15)22/h2-3,5-10,13-14,19,23H,4H2,1H3/t13-,14-,19+/m1/s1. The SMILES string of the molecule is COC(=O)c1ccc2c(c1)[C@@H]1C=CC[C@H]1[C@@H](c1ccc(Cl)cc1Cl)N2. The minimum absolute atomic E-state index is 0.0984. The highest BCUT2D eigenvalue weighted by molar-refractivity contribution is 6.35. The second-order valence-corrected chi connectivity index (χ2v) is 7.28. The molecule has 0 saturated carbocycles. The molecule has 0 aromatic heterocycles. The number of methoxy groups -OCH3 is 1. The van der Waals surface area contributed by atoms with Crippen molar-refractivity contribution in [1.29, 1.82) is 0 Å². The van der Waals surface area contributed by atoms with Gasteiger partial charge in [-0.25, -0.2) is 4.79 Å². The van der Waals surface area contributed by atoms with Gasteiger partial charge in [0.15, 0.2) is 0 Å². The van der Waals surface area contributed by atoms with Gasteiger partial charge >= 0.3 is 5.97 Å². The molecule has 0 saturated heterocycles. The highest BCUT2D eigenvalue weighted by Gasteiger charge is 2.38. The Bertz CT molecular complexity index is 878. The Balaban J connectivity index is 1.77. The summed E-state index contributed by atoms with van der Waals surface area (Å²) < 4.78 is 4.85. The molecule has 2 aliphatic rings. The number of allylic oxidation sites excluding steroid dienone is 2. The summed E-state index contributed by atoms with van der Waals surface area (Å²) in [5, 5.41) is 4.91. The molecule has 5 heteroatoms. The first kappa shape index (κ1) is 16.5. The van der Waals surface area contributed by atoms with Gasteiger partial charge in [0, 0.05) is 21.7 Å². The summed E-state index contributed by atoms with van der Waals surface area (Å²) in [6, 6.07) is 11.4. The van der Waals surface area contributed by atoms with Gasteiger partial charge in [-0.05, 0) is 53.8 Å². The third kappa shape index (κ3) is 2.82. The van der Waals surface area contributed by atoms with Crippen LogP contribution in [0.1, 0.15) is 39.9 Å². The number of hydrogen-bond donors (Lipinski definition) is 1. The molecule has 2 aromatic rings. The molecule has 0 fully saturated rings. The van der Waals surface area contributed by atoms with E-state index >= 15 is 0 Å². The summed E-state index contributed by atoms with van der Waals surface area (Å²) in [6.45, 7) is 0. The normalized spacial score (nSPS) is 23.6. The quantitative estimate of drug-likeness (QED) is 0.549. The fourth-order valence-electron chi connectivity index (χ4n) is 3.90. The van der Waals surface area contributed by atoms with E-state index in [1.54, 1.807) is 12.1 Å². The third-order valence-corrected chi connectivity index (χ3v) is 5.64. The van der Waals surface area contributed by atoms with Crippen LogP contribution in [-0.4, -0.2) is 13.1 Å². The number of rotatable bonds is 2. The molecule has 1 heterocycles. The van der Waals surface area contributed by atoms with E-state index in [4.69, 9.17) is 27.9 Å². The van der Waals surface area contributed by atoms with Crippen LogP contribution in [0.5, 0.6) is 0 Å². The lowest BCUT2D eigenvalue weighted by Gasteiger charge is -2.38. The molecule has 4 rings (SSSR count). The van der Waals surface area contributed by atoms with Gasteiger partial charge < -0.3 is 10.1 Å². The molecule has 0 unspecified atom stereocenters. The van der Waals surface area contributed by atoms with Crippen molar-refractivity contribution in [3.63, 3.8) is 0 Å². The van der Waals surface area contributed by atoms with Crippen LogP contribution < -0.4 is 5.32 Å². The highest BCUT2D eigenvalue weighted by Crippen LogP contribution is 2.51. The molecule has 0 amide bonds. The molecular weight excluding hydrogens is 357 g/mol. The van der Waals surface area contributed by atoms with E-state index in [1.165, 1.54) is 7.11 Å². The van der Waals surface area contributed by atoms with Crippen molar-refractivity contribution in [2.45, 2.75) is 18.4 Å². The zero-order valence-electron chi connectivity index (χ0n) is 13.6. The zero-order valence-corrected chi connectivity index (χ0v) is 15.1. The Kier molecular flexibility index (Phi) is 4.22. The number of benzene rings is 2. The van der Waals surface area contributed by atoms with Gasteiger partial charge in [-0.15, -0.1) is 0 Å². The van der Waals surface area contributed by atoms with Crippen molar-refractivity contribution < 1.29 is 9.53 Å². The molecule has 0 bridgehead atoms. The Hall–Kier alpha value is -1.97. The lowest BCUT2D eigenvalue weighted by molar-refractivity contribution is 0.0600. The monoisotopic (exact) mass is 373 g/mol. The molecule has 3 atom stereocenters. The topological polar surface area (TPSA) is 38.3 Å². The van der Waals surface area contributed by atoms with Crippen LogP contribution in [0.25, 0.3) is 0 Å². The average molecular weight is 374 g/mol. The van der Waals surface area contributed by atoms with Gasteiger partial charge in [-0.2, -0.15) is 0 Å². The Labute approximate surface area is 156 Å². The molecule has 3 nitrogen and oxygen atoms in total. The van der Waals surface area contributed by atoms with Crippen molar-refractivity contribution in [2.75, 3.05) is 12.4 Å². The number of carbonyl (C=O) groups excluding carboxylic acids is 1. The fourth-order valence-corrected chi connectivity index (χ4v) is 4.43. The first-order valence-corrected chi connectivity index (χ1v) is 8.94. The van der Waals surface area contributed by atoms with Crippen LogP contribution >= 0.6 is 23.2 Å². The fraction of sp³-hybridized carbons (Fsp3) is 0.250. The van der Waals surface area contributed by atoms with Crippen molar-refractivity contribution in [2.24, 2.45) is 5.92 Å². The predicted octanol–water partition coefficient (Wildman–Crippen LogP) is 5.61. The number of esters is 1. The van der Waals surface area contributed by atoms with E-state index in [-0.39, 0.29) is 17.9 Å². The largest absolute Gasteiger partial charge is 0.465 e. The Morgan fingerprint density at radius 2 is 2.00 bits per heavy atom. The van der Waals surface area contributed by atoms with Gasteiger partial charge in [-0.3, -0.25) is 0 Å². The number of anilines is 1. The van der Waals surface area contributed by atoms with Gasteiger partial charge in [0.05, 0.1) is 18.7 Å². The van der Waals surface area contributed by atoms with E-state index in [0.29, 0.717) is 21.5 Å². The van der Waals surface area contributed by atoms with Crippen LogP contribution in [0, 0.1) is 5.92 Å². The van der Waals surface area contributed by atoms with Crippen molar-refractivity contribution in [1.82, 2.24) is 0 Å². The molecule has 25 heavy (non-hydrogen) atoms. The average Bonchev–Trinajstić information content (AvgIpc) is 3.10. The van der Waals surface area contributed by atoms with Gasteiger partial charge in [0.1, 0.15) is 0 Å². The number of carbonyl (C=O) groups is 1. The Morgan fingerprint density at radius 1 is 1.16 bits per heavy atom. The summed E-state index contributed by atoms with van der Waals surface area (Å²) in [5.41, 5.74) is 3.77. The second-order valence-electron chi connectivity index (χ2n) is 6.43. The van der Waals surface area contributed by atoms with Gasteiger partial charge in [-0.1, -0.05) is 41.4 Å². The lowest BCUT2D eigenvalue weighted by Crippen LogP contribution is -2.29. The molecule has 0 radical (unpaired) electrons. The number of halogens is 2. The summed E-state index contributed by atoms with van der Waals surface area (Å²) in [4.78, 5) is 11.9. The summed E-state index contributed by atoms with van der Waals surface area (Å²) >= 11 is 12.5. The van der Waals surface area contributed by atoms with Gasteiger partial charge in [0.25, 0.3) is 0 Å². The van der Waals surface area contributed by atoms with E-state index in [2.05, 4.69) is 17.5 Å². The van der Waals surface area contributed by atoms with E-state index in [9.17, 15) is 4.79 Å². The third-order valence-electron chi connectivity index (χ3n) is 5.08. The van der Waals surface area contributed by atoms with Crippen LogP contribution in [0.3, 0.4) is 0 Å². The summed E-state index contributed by atoms with van der Waals surface area (Å²) in [7, 11) is 1.40. The lowest BCUT2D eigenvalue weighted by atomic mass is 9.76. The Morgan fingerprint density at radius 3 is 2.76 bits per heavy atom. The van der Waals surface area contributed by atoms with Crippen LogP contribution in [-0.2, 0) is 4.74 Å². The van der Waals surface area contributed by atoms with Crippen LogP contribution in [0.2, 0.25) is 10.0 Å². The molecule has 1 N–H and O–H groups in total. The molecular formula is C20H17Cl2NO2. The van der Waals surface area contributed by atoms with E-state index < -0.39 is 0 Å². The number of fused-ring (bicyclic) bond motifs is 3. The maximum Gasteiger partial charge on any atom is 0.337 e. The number of ether oxygens (including phenoxy) is 1. The van der Waals surface area contributed by atoms with E-state index in [0.717, 1.165) is 23.2 Å². The van der Waals surface area contributed by atoms with Crippen molar-refractivity contribution >= 4 is 34.9 Å². The number of hydrogen-bond acceptors (Lipinski definition) is 3. The maximum atomic E-state index is 11.9. The first-order chi connectivity index (χ1) is 12.1. The maximum absolute atomic E-state index is 11.9.